The van der Waals surface area contributed by atoms with Gasteiger partial charge in [-0.3, -0.25) is 0 Å². The Morgan fingerprint density at radius 2 is 1.95 bits per heavy atom. The van der Waals surface area contributed by atoms with E-state index in [-0.39, 0.29) is 0 Å². The molecule has 4 heteroatoms. The minimum atomic E-state index is -0.831. The first-order chi connectivity index (χ1) is 10.1. The third-order valence-electron chi connectivity index (χ3n) is 4.01. The molecule has 2 aromatic rings. The second kappa shape index (κ2) is 5.78. The molecule has 1 aliphatic carbocycles. The van der Waals surface area contributed by atoms with E-state index >= 15 is 0 Å². The minimum absolute atomic E-state index is 0.318. The van der Waals surface area contributed by atoms with Crippen molar-refractivity contribution in [2.45, 2.75) is 25.4 Å². The van der Waals surface area contributed by atoms with Crippen molar-refractivity contribution in [3.63, 3.8) is 0 Å². The van der Waals surface area contributed by atoms with E-state index in [9.17, 15) is 9.50 Å². The quantitative estimate of drug-likeness (QED) is 0.900. The monoisotopic (exact) mass is 350 g/mol. The van der Waals surface area contributed by atoms with Crippen LogP contribution in [-0.4, -0.2) is 12.2 Å². The molecule has 1 aliphatic rings. The predicted octanol–water partition coefficient (Wildman–Crippen LogP) is 4.17. The standard InChI is InChI=1S/C17H16BrFO2/c1-21-16-9-15(19)14(18)8-13(16)17(20)12-6-5-10-3-2-4-11(10)7-12/h5-9,17,20H,2-4H2,1H3. The highest BCUT2D eigenvalue weighted by atomic mass is 79.9. The Balaban J connectivity index is 2.02. The number of aliphatic hydroxyl groups excluding tert-OH is 1. The van der Waals surface area contributed by atoms with Crippen molar-refractivity contribution in [3.05, 3.63) is 62.9 Å². The molecule has 2 aromatic carbocycles. The van der Waals surface area contributed by atoms with Crippen LogP contribution in [0.1, 0.15) is 34.8 Å². The maximum absolute atomic E-state index is 13.6. The molecule has 0 aromatic heterocycles. The van der Waals surface area contributed by atoms with Gasteiger partial charge < -0.3 is 9.84 Å². The molecule has 2 nitrogen and oxygen atoms in total. The summed E-state index contributed by atoms with van der Waals surface area (Å²) in [5.74, 6) is -0.0551. The topological polar surface area (TPSA) is 29.5 Å². The SMILES string of the molecule is COc1cc(F)c(Br)cc1C(O)c1ccc2c(c1)CCC2. The van der Waals surface area contributed by atoms with Crippen LogP contribution in [-0.2, 0) is 12.8 Å². The van der Waals surface area contributed by atoms with E-state index in [1.807, 2.05) is 12.1 Å². The van der Waals surface area contributed by atoms with E-state index in [0.29, 0.717) is 15.8 Å². The molecule has 0 saturated heterocycles. The van der Waals surface area contributed by atoms with Gasteiger partial charge in [0.25, 0.3) is 0 Å². The van der Waals surface area contributed by atoms with Crippen LogP contribution in [0.15, 0.2) is 34.8 Å². The lowest BCUT2D eigenvalue weighted by molar-refractivity contribution is 0.214. The highest BCUT2D eigenvalue weighted by molar-refractivity contribution is 9.10. The number of aliphatic hydroxyl groups is 1. The molecule has 0 amide bonds. The van der Waals surface area contributed by atoms with Gasteiger partial charge in [0, 0.05) is 11.6 Å². The highest BCUT2D eigenvalue weighted by Crippen LogP contribution is 2.35. The van der Waals surface area contributed by atoms with Crippen molar-refractivity contribution in [1.82, 2.24) is 0 Å². The van der Waals surface area contributed by atoms with Crippen molar-refractivity contribution in [2.24, 2.45) is 0 Å². The summed E-state index contributed by atoms with van der Waals surface area (Å²) in [5.41, 5.74) is 4.03. The summed E-state index contributed by atoms with van der Waals surface area (Å²) in [6.07, 6.45) is 2.50. The summed E-state index contributed by atoms with van der Waals surface area (Å²) in [6.45, 7) is 0. The van der Waals surface area contributed by atoms with Crippen molar-refractivity contribution in [1.29, 1.82) is 0 Å². The van der Waals surface area contributed by atoms with Crippen LogP contribution in [0.2, 0.25) is 0 Å². The minimum Gasteiger partial charge on any atom is -0.496 e. The fraction of sp³-hybridized carbons (Fsp3) is 0.294. The number of hydrogen-bond acceptors (Lipinski definition) is 2. The number of ether oxygens (including phenoxy) is 1. The summed E-state index contributed by atoms with van der Waals surface area (Å²) in [6, 6.07) is 8.92. The van der Waals surface area contributed by atoms with Gasteiger partial charge in [-0.2, -0.15) is 0 Å². The summed E-state index contributed by atoms with van der Waals surface area (Å²) in [7, 11) is 1.47. The lowest BCUT2D eigenvalue weighted by atomic mass is 9.97. The Morgan fingerprint density at radius 1 is 1.19 bits per heavy atom. The van der Waals surface area contributed by atoms with Crippen molar-refractivity contribution in [2.75, 3.05) is 7.11 Å². The van der Waals surface area contributed by atoms with Gasteiger partial charge in [-0.25, -0.2) is 4.39 Å². The summed E-state index contributed by atoms with van der Waals surface area (Å²) < 4.78 is 19.1. The molecule has 0 radical (unpaired) electrons. The normalized spacial score (nSPS) is 14.9. The van der Waals surface area contributed by atoms with E-state index < -0.39 is 11.9 Å². The number of methoxy groups -OCH3 is 1. The Morgan fingerprint density at radius 3 is 2.71 bits per heavy atom. The zero-order chi connectivity index (χ0) is 15.0. The Labute approximate surface area is 131 Å². The molecule has 0 fully saturated rings. The zero-order valence-electron chi connectivity index (χ0n) is 11.7. The van der Waals surface area contributed by atoms with Crippen LogP contribution in [0.25, 0.3) is 0 Å². The second-order valence-electron chi connectivity index (χ2n) is 5.29. The number of fused-ring (bicyclic) bond motifs is 1. The molecule has 0 aliphatic heterocycles. The summed E-state index contributed by atoms with van der Waals surface area (Å²) in [4.78, 5) is 0. The molecule has 1 atom stereocenters. The van der Waals surface area contributed by atoms with Crippen molar-refractivity contribution < 1.29 is 14.2 Å². The van der Waals surface area contributed by atoms with Crippen LogP contribution >= 0.6 is 15.9 Å². The molecule has 1 unspecified atom stereocenters. The third kappa shape index (κ3) is 2.70. The first-order valence-electron chi connectivity index (χ1n) is 6.93. The van der Waals surface area contributed by atoms with E-state index in [0.717, 1.165) is 18.4 Å². The fourth-order valence-electron chi connectivity index (χ4n) is 2.88. The molecular formula is C17H16BrFO2. The molecule has 0 saturated carbocycles. The fourth-order valence-corrected chi connectivity index (χ4v) is 3.24. The maximum Gasteiger partial charge on any atom is 0.141 e. The van der Waals surface area contributed by atoms with Crippen molar-refractivity contribution >= 4 is 15.9 Å². The van der Waals surface area contributed by atoms with Crippen LogP contribution in [0.4, 0.5) is 4.39 Å². The van der Waals surface area contributed by atoms with Crippen LogP contribution in [0.5, 0.6) is 5.75 Å². The predicted molar refractivity (Wildman–Crippen MR) is 83.2 cm³/mol. The van der Waals surface area contributed by atoms with Gasteiger partial charge in [0.05, 0.1) is 11.6 Å². The number of aryl methyl sites for hydroxylation is 2. The van der Waals surface area contributed by atoms with Crippen molar-refractivity contribution in [3.8, 4) is 5.75 Å². The first kappa shape index (κ1) is 14.5. The Kier molecular flexibility index (Phi) is 4.00. The molecule has 21 heavy (non-hydrogen) atoms. The second-order valence-corrected chi connectivity index (χ2v) is 6.15. The van der Waals surface area contributed by atoms with Gasteiger partial charge in [0.2, 0.25) is 0 Å². The lowest BCUT2D eigenvalue weighted by Crippen LogP contribution is -2.04. The van der Waals surface area contributed by atoms with Gasteiger partial charge in [0.1, 0.15) is 17.7 Å². The van der Waals surface area contributed by atoms with E-state index in [1.165, 1.54) is 30.7 Å². The first-order valence-corrected chi connectivity index (χ1v) is 7.72. The third-order valence-corrected chi connectivity index (χ3v) is 4.61. The summed E-state index contributed by atoms with van der Waals surface area (Å²) >= 11 is 3.16. The Bertz CT molecular complexity index is 685. The molecule has 3 rings (SSSR count). The maximum atomic E-state index is 13.6. The number of halogens is 2. The average molecular weight is 351 g/mol. The van der Waals surface area contributed by atoms with E-state index in [2.05, 4.69) is 22.0 Å². The number of hydrogen-bond donors (Lipinski definition) is 1. The van der Waals surface area contributed by atoms with Crippen LogP contribution in [0, 0.1) is 5.82 Å². The number of rotatable bonds is 3. The smallest absolute Gasteiger partial charge is 0.141 e. The molecular weight excluding hydrogens is 335 g/mol. The summed E-state index contributed by atoms with van der Waals surface area (Å²) in [5, 5.41) is 10.6. The van der Waals surface area contributed by atoms with Gasteiger partial charge in [-0.05, 0) is 57.9 Å². The molecule has 0 heterocycles. The van der Waals surface area contributed by atoms with E-state index in [4.69, 9.17) is 4.74 Å². The van der Waals surface area contributed by atoms with E-state index in [1.54, 1.807) is 6.07 Å². The Hall–Kier alpha value is -1.39. The van der Waals surface area contributed by atoms with Gasteiger partial charge in [-0.1, -0.05) is 18.2 Å². The number of benzene rings is 2. The van der Waals surface area contributed by atoms with Gasteiger partial charge in [0.15, 0.2) is 0 Å². The average Bonchev–Trinajstić information content (AvgIpc) is 2.96. The van der Waals surface area contributed by atoms with Gasteiger partial charge in [-0.15, -0.1) is 0 Å². The molecule has 0 bridgehead atoms. The van der Waals surface area contributed by atoms with Crippen LogP contribution < -0.4 is 4.74 Å². The lowest BCUT2D eigenvalue weighted by Gasteiger charge is -2.17. The molecule has 0 spiro atoms. The zero-order valence-corrected chi connectivity index (χ0v) is 13.3. The largest absolute Gasteiger partial charge is 0.496 e. The molecule has 1 N–H and O–H groups in total. The van der Waals surface area contributed by atoms with Crippen LogP contribution in [0.3, 0.4) is 0 Å². The van der Waals surface area contributed by atoms with Gasteiger partial charge >= 0.3 is 0 Å². The highest BCUT2D eigenvalue weighted by Gasteiger charge is 2.20. The molecule has 110 valence electrons.